The number of nitrogens with one attached hydrogen (secondary N) is 2. The summed E-state index contributed by atoms with van der Waals surface area (Å²) >= 11 is 0. The van der Waals surface area contributed by atoms with Crippen LogP contribution in [-0.2, 0) is 16.0 Å². The number of rotatable bonds is 4. The van der Waals surface area contributed by atoms with Gasteiger partial charge in [-0.25, -0.2) is 0 Å². The third-order valence-electron chi connectivity index (χ3n) is 3.28. The number of piperazine rings is 1. The van der Waals surface area contributed by atoms with Gasteiger partial charge in [-0.3, -0.25) is 9.59 Å². The van der Waals surface area contributed by atoms with E-state index in [-0.39, 0.29) is 24.3 Å². The van der Waals surface area contributed by atoms with Crippen molar-refractivity contribution in [3.05, 3.63) is 29.8 Å². The van der Waals surface area contributed by atoms with E-state index in [0.717, 1.165) is 18.7 Å². The molecule has 5 nitrogen and oxygen atoms in total. The molecule has 1 fully saturated rings. The number of nitrogens with two attached hydrogens (primary N) is 1. The Morgan fingerprint density at radius 1 is 1.42 bits per heavy atom. The van der Waals surface area contributed by atoms with Gasteiger partial charge in [0, 0.05) is 5.69 Å². The number of benzene rings is 1. The quantitative estimate of drug-likeness (QED) is 0.693. The molecule has 1 aliphatic heterocycles. The molecule has 0 radical (unpaired) electrons. The summed E-state index contributed by atoms with van der Waals surface area (Å²) in [5.74, 6) is -0.176. The number of carbonyl (C=O) groups excluding carboxylic acids is 2. The van der Waals surface area contributed by atoms with Crippen molar-refractivity contribution in [2.75, 3.05) is 18.4 Å². The molecular formula is C14H20N3O2+. The van der Waals surface area contributed by atoms with Gasteiger partial charge in [-0.05, 0) is 24.1 Å². The Morgan fingerprint density at radius 3 is 2.79 bits per heavy atom. The Morgan fingerprint density at radius 2 is 2.16 bits per heavy atom. The van der Waals surface area contributed by atoms with Crippen molar-refractivity contribution in [1.82, 2.24) is 5.32 Å². The van der Waals surface area contributed by atoms with Gasteiger partial charge in [0.15, 0.2) is 6.04 Å². The molecule has 2 rings (SSSR count). The Balaban J connectivity index is 1.87. The fraction of sp³-hybridized carbons (Fsp3) is 0.429. The highest BCUT2D eigenvalue weighted by Gasteiger charge is 2.27. The third-order valence-corrected chi connectivity index (χ3v) is 3.28. The minimum Gasteiger partial charge on any atom is -0.345 e. The Bertz CT molecular complexity index is 456. The Kier molecular flexibility index (Phi) is 4.52. The standard InChI is InChI=1S/C14H19N3O2/c1-2-10-3-5-11(6-4-10)17-13(18)9-12-14(19)16-8-7-15-12/h3-6,12,15H,2,7-9H2,1H3,(H,16,19)(H,17,18)/p+1/t12-/m1/s1. The number of amides is 2. The minimum absolute atomic E-state index is 0.0530. The summed E-state index contributed by atoms with van der Waals surface area (Å²) in [5.41, 5.74) is 2.01. The van der Waals surface area contributed by atoms with Crippen LogP contribution in [0.2, 0.25) is 0 Å². The maximum absolute atomic E-state index is 11.9. The first-order valence-electron chi connectivity index (χ1n) is 6.69. The molecule has 1 aliphatic rings. The van der Waals surface area contributed by atoms with Crippen LogP contribution in [0.5, 0.6) is 0 Å². The van der Waals surface area contributed by atoms with Crippen LogP contribution in [0.4, 0.5) is 5.69 Å². The summed E-state index contributed by atoms with van der Waals surface area (Å²) in [6.45, 7) is 3.59. The van der Waals surface area contributed by atoms with E-state index in [9.17, 15) is 9.59 Å². The van der Waals surface area contributed by atoms with E-state index in [4.69, 9.17) is 0 Å². The van der Waals surface area contributed by atoms with Gasteiger partial charge in [-0.2, -0.15) is 0 Å². The molecule has 19 heavy (non-hydrogen) atoms. The molecule has 0 saturated carbocycles. The number of aryl methyl sites for hydroxylation is 1. The highest BCUT2D eigenvalue weighted by atomic mass is 16.2. The molecule has 0 spiro atoms. The second-order valence-electron chi connectivity index (χ2n) is 4.72. The fourth-order valence-corrected chi connectivity index (χ4v) is 2.13. The maximum atomic E-state index is 11.9. The normalized spacial score (nSPS) is 18.8. The van der Waals surface area contributed by atoms with Gasteiger partial charge in [0.05, 0.1) is 19.5 Å². The van der Waals surface area contributed by atoms with Crippen molar-refractivity contribution in [3.63, 3.8) is 0 Å². The molecule has 4 N–H and O–H groups in total. The predicted octanol–water partition coefficient (Wildman–Crippen LogP) is -0.361. The van der Waals surface area contributed by atoms with Crippen LogP contribution in [0.1, 0.15) is 18.9 Å². The molecule has 1 saturated heterocycles. The molecule has 1 atom stereocenters. The van der Waals surface area contributed by atoms with E-state index in [0.29, 0.717) is 6.54 Å². The predicted molar refractivity (Wildman–Crippen MR) is 72.7 cm³/mol. The van der Waals surface area contributed by atoms with Gasteiger partial charge >= 0.3 is 0 Å². The summed E-state index contributed by atoms with van der Waals surface area (Å²) in [5, 5.41) is 7.50. The Hall–Kier alpha value is -1.88. The van der Waals surface area contributed by atoms with E-state index in [1.165, 1.54) is 5.56 Å². The van der Waals surface area contributed by atoms with Crippen LogP contribution in [0, 0.1) is 0 Å². The van der Waals surface area contributed by atoms with Crippen LogP contribution in [0.15, 0.2) is 24.3 Å². The maximum Gasteiger partial charge on any atom is 0.278 e. The highest BCUT2D eigenvalue weighted by molar-refractivity contribution is 5.94. The first kappa shape index (κ1) is 13.5. The number of hydrogen-bond donors (Lipinski definition) is 3. The number of anilines is 1. The van der Waals surface area contributed by atoms with Gasteiger partial charge in [0.2, 0.25) is 5.91 Å². The molecule has 0 bridgehead atoms. The van der Waals surface area contributed by atoms with Gasteiger partial charge in [-0.1, -0.05) is 19.1 Å². The van der Waals surface area contributed by atoms with Crippen LogP contribution < -0.4 is 16.0 Å². The van der Waals surface area contributed by atoms with Crippen molar-refractivity contribution in [2.24, 2.45) is 0 Å². The van der Waals surface area contributed by atoms with E-state index in [1.54, 1.807) is 0 Å². The third kappa shape index (κ3) is 3.79. The zero-order valence-electron chi connectivity index (χ0n) is 11.1. The van der Waals surface area contributed by atoms with Crippen molar-refractivity contribution in [3.8, 4) is 0 Å². The molecule has 0 unspecified atom stereocenters. The zero-order valence-corrected chi connectivity index (χ0v) is 11.1. The molecule has 102 valence electrons. The van der Waals surface area contributed by atoms with Crippen molar-refractivity contribution < 1.29 is 14.9 Å². The zero-order chi connectivity index (χ0) is 13.7. The van der Waals surface area contributed by atoms with Gasteiger partial charge in [0.1, 0.15) is 0 Å². The van der Waals surface area contributed by atoms with Crippen molar-refractivity contribution in [1.29, 1.82) is 0 Å². The topological polar surface area (TPSA) is 74.8 Å². The summed E-state index contributed by atoms with van der Waals surface area (Å²) < 4.78 is 0. The number of quaternary nitrogens is 1. The van der Waals surface area contributed by atoms with Gasteiger partial charge < -0.3 is 16.0 Å². The average molecular weight is 262 g/mol. The van der Waals surface area contributed by atoms with E-state index in [1.807, 2.05) is 29.6 Å². The van der Waals surface area contributed by atoms with Crippen LogP contribution in [-0.4, -0.2) is 30.9 Å². The molecular weight excluding hydrogens is 242 g/mol. The van der Waals surface area contributed by atoms with Crippen molar-refractivity contribution in [2.45, 2.75) is 25.8 Å². The fourth-order valence-electron chi connectivity index (χ4n) is 2.13. The van der Waals surface area contributed by atoms with E-state index >= 15 is 0 Å². The summed E-state index contributed by atoms with van der Waals surface area (Å²) in [7, 11) is 0. The summed E-state index contributed by atoms with van der Waals surface area (Å²) in [6, 6.07) is 7.47. The van der Waals surface area contributed by atoms with E-state index in [2.05, 4.69) is 17.6 Å². The average Bonchev–Trinajstić information content (AvgIpc) is 2.42. The lowest BCUT2D eigenvalue weighted by molar-refractivity contribution is -0.678. The van der Waals surface area contributed by atoms with Gasteiger partial charge in [0.25, 0.3) is 5.91 Å². The molecule has 1 heterocycles. The lowest BCUT2D eigenvalue weighted by Crippen LogP contribution is -2.96. The highest BCUT2D eigenvalue weighted by Crippen LogP contribution is 2.10. The monoisotopic (exact) mass is 262 g/mol. The second-order valence-corrected chi connectivity index (χ2v) is 4.72. The van der Waals surface area contributed by atoms with E-state index < -0.39 is 0 Å². The SMILES string of the molecule is CCc1ccc(NC(=O)C[C@H]2[NH2+]CCNC2=O)cc1. The molecule has 5 heteroatoms. The summed E-state index contributed by atoms with van der Waals surface area (Å²) in [6.07, 6.45) is 1.19. The lowest BCUT2D eigenvalue weighted by atomic mass is 10.1. The molecule has 1 aromatic rings. The molecule has 1 aromatic carbocycles. The first-order valence-corrected chi connectivity index (χ1v) is 6.69. The number of hydrogen-bond acceptors (Lipinski definition) is 2. The minimum atomic E-state index is -0.302. The van der Waals surface area contributed by atoms with Gasteiger partial charge in [-0.15, -0.1) is 0 Å². The molecule has 2 amide bonds. The smallest absolute Gasteiger partial charge is 0.278 e. The second kappa shape index (κ2) is 6.33. The Labute approximate surface area is 112 Å². The lowest BCUT2D eigenvalue weighted by Gasteiger charge is -2.19. The molecule has 0 aliphatic carbocycles. The molecule has 0 aromatic heterocycles. The van der Waals surface area contributed by atoms with Crippen molar-refractivity contribution >= 4 is 17.5 Å². The number of carbonyl (C=O) groups is 2. The van der Waals surface area contributed by atoms with Crippen LogP contribution >= 0.6 is 0 Å². The van der Waals surface area contributed by atoms with Crippen LogP contribution in [0.3, 0.4) is 0 Å². The largest absolute Gasteiger partial charge is 0.345 e. The van der Waals surface area contributed by atoms with Crippen LogP contribution in [0.25, 0.3) is 0 Å². The summed E-state index contributed by atoms with van der Waals surface area (Å²) in [4.78, 5) is 23.4. The first-order chi connectivity index (χ1) is 9.19.